The minimum atomic E-state index is -0.142. The molecule has 1 aliphatic rings. The van der Waals surface area contributed by atoms with E-state index < -0.39 is 0 Å². The normalized spacial score (nSPS) is 18.6. The van der Waals surface area contributed by atoms with Crippen LogP contribution >= 0.6 is 11.3 Å². The van der Waals surface area contributed by atoms with Gasteiger partial charge in [-0.2, -0.15) is 0 Å². The Morgan fingerprint density at radius 3 is 3.21 bits per heavy atom. The number of carbonyl (C=O) groups excluding carboxylic acids is 1. The van der Waals surface area contributed by atoms with Crippen LogP contribution in [0.1, 0.15) is 16.1 Å². The zero-order valence-electron chi connectivity index (χ0n) is 11.0. The van der Waals surface area contributed by atoms with Gasteiger partial charge >= 0.3 is 0 Å². The number of amides is 1. The fraction of sp³-hybridized carbons (Fsp3) is 0.462. The van der Waals surface area contributed by atoms with Crippen LogP contribution in [0.3, 0.4) is 0 Å². The van der Waals surface area contributed by atoms with E-state index in [0.717, 1.165) is 24.5 Å². The van der Waals surface area contributed by atoms with Gasteiger partial charge in [0.1, 0.15) is 4.88 Å². The van der Waals surface area contributed by atoms with Crippen molar-refractivity contribution < 1.29 is 9.53 Å². The SMILES string of the molecule is C=CCNC(=O)c1sc(N2CCC(OC)C2)cc1N. The molecule has 0 bridgehead atoms. The van der Waals surface area contributed by atoms with Gasteiger partial charge in [0.15, 0.2) is 0 Å². The van der Waals surface area contributed by atoms with Gasteiger partial charge in [0, 0.05) is 26.7 Å². The summed E-state index contributed by atoms with van der Waals surface area (Å²) in [6.07, 6.45) is 2.92. The summed E-state index contributed by atoms with van der Waals surface area (Å²) >= 11 is 1.43. The van der Waals surface area contributed by atoms with E-state index in [1.54, 1.807) is 13.2 Å². The second-order valence-electron chi connectivity index (χ2n) is 4.46. The maximum atomic E-state index is 11.9. The Labute approximate surface area is 117 Å². The Morgan fingerprint density at radius 2 is 2.58 bits per heavy atom. The Kier molecular flexibility index (Phi) is 4.44. The lowest BCUT2D eigenvalue weighted by molar-refractivity contribution is 0.0963. The van der Waals surface area contributed by atoms with E-state index in [0.29, 0.717) is 17.1 Å². The molecule has 0 radical (unpaired) electrons. The molecule has 3 N–H and O–H groups in total. The number of nitrogens with two attached hydrogens (primary N) is 1. The lowest BCUT2D eigenvalue weighted by atomic mass is 10.3. The van der Waals surface area contributed by atoms with Gasteiger partial charge in [0.25, 0.3) is 5.91 Å². The smallest absolute Gasteiger partial charge is 0.263 e. The summed E-state index contributed by atoms with van der Waals surface area (Å²) in [6.45, 7) is 5.80. The first kappa shape index (κ1) is 13.9. The number of ether oxygens (including phenoxy) is 1. The highest BCUT2D eigenvalue weighted by Crippen LogP contribution is 2.34. The fourth-order valence-electron chi connectivity index (χ4n) is 2.09. The van der Waals surface area contributed by atoms with Crippen molar-refractivity contribution in [3.8, 4) is 0 Å². The van der Waals surface area contributed by atoms with E-state index >= 15 is 0 Å². The van der Waals surface area contributed by atoms with E-state index in [2.05, 4.69) is 16.8 Å². The number of anilines is 2. The average Bonchev–Trinajstić information content (AvgIpc) is 3.02. The summed E-state index contributed by atoms with van der Waals surface area (Å²) in [5.41, 5.74) is 6.44. The molecule has 0 spiro atoms. The molecule has 0 aromatic carbocycles. The van der Waals surface area contributed by atoms with Crippen molar-refractivity contribution in [2.24, 2.45) is 0 Å². The molecule has 2 heterocycles. The molecule has 1 amide bonds. The molecule has 1 fully saturated rings. The monoisotopic (exact) mass is 281 g/mol. The summed E-state index contributed by atoms with van der Waals surface area (Å²) in [5.74, 6) is -0.142. The maximum absolute atomic E-state index is 11.9. The zero-order chi connectivity index (χ0) is 13.8. The van der Waals surface area contributed by atoms with Gasteiger partial charge in [-0.25, -0.2) is 0 Å². The molecule has 0 aliphatic carbocycles. The maximum Gasteiger partial charge on any atom is 0.263 e. The third-order valence-electron chi connectivity index (χ3n) is 3.15. The van der Waals surface area contributed by atoms with Crippen molar-refractivity contribution in [1.29, 1.82) is 0 Å². The number of nitrogens with one attached hydrogen (secondary N) is 1. The largest absolute Gasteiger partial charge is 0.397 e. The Balaban J connectivity index is 2.08. The molecule has 104 valence electrons. The lowest BCUT2D eigenvalue weighted by Crippen LogP contribution is -2.23. The molecule has 1 atom stereocenters. The van der Waals surface area contributed by atoms with E-state index in [-0.39, 0.29) is 12.0 Å². The van der Waals surface area contributed by atoms with E-state index in [1.807, 2.05) is 6.07 Å². The summed E-state index contributed by atoms with van der Waals surface area (Å²) in [5, 5.41) is 3.77. The molecule has 5 nitrogen and oxygen atoms in total. The molecule has 2 rings (SSSR count). The van der Waals surface area contributed by atoms with Gasteiger partial charge < -0.3 is 20.7 Å². The number of rotatable bonds is 5. The van der Waals surface area contributed by atoms with Crippen LogP contribution in [0.25, 0.3) is 0 Å². The number of thiophene rings is 1. The van der Waals surface area contributed by atoms with Crippen LogP contribution in [0, 0.1) is 0 Å². The Hall–Kier alpha value is -1.53. The predicted octanol–water partition coefficient (Wildman–Crippen LogP) is 1.47. The third-order valence-corrected chi connectivity index (χ3v) is 4.36. The van der Waals surface area contributed by atoms with E-state index in [4.69, 9.17) is 10.5 Å². The van der Waals surface area contributed by atoms with Crippen LogP contribution < -0.4 is 16.0 Å². The van der Waals surface area contributed by atoms with Gasteiger partial charge in [-0.15, -0.1) is 17.9 Å². The van der Waals surface area contributed by atoms with Crippen LogP contribution in [0.4, 0.5) is 10.7 Å². The minimum absolute atomic E-state index is 0.142. The Morgan fingerprint density at radius 1 is 1.79 bits per heavy atom. The number of carbonyl (C=O) groups is 1. The molecule has 1 aliphatic heterocycles. The first-order valence-corrected chi connectivity index (χ1v) is 7.03. The number of nitrogens with zero attached hydrogens (tertiary/aromatic N) is 1. The number of hydrogen-bond acceptors (Lipinski definition) is 5. The molecule has 1 aromatic heterocycles. The van der Waals surface area contributed by atoms with E-state index in [9.17, 15) is 4.79 Å². The first-order chi connectivity index (χ1) is 9.15. The molecule has 6 heteroatoms. The van der Waals surface area contributed by atoms with Crippen LogP contribution in [-0.4, -0.2) is 38.8 Å². The number of nitrogen functional groups attached to an aromatic ring is 1. The highest BCUT2D eigenvalue weighted by molar-refractivity contribution is 7.18. The summed E-state index contributed by atoms with van der Waals surface area (Å²) in [6, 6.07) is 1.87. The quantitative estimate of drug-likeness (QED) is 0.802. The summed E-state index contributed by atoms with van der Waals surface area (Å²) in [7, 11) is 1.73. The summed E-state index contributed by atoms with van der Waals surface area (Å²) < 4.78 is 5.34. The van der Waals surface area contributed by atoms with Gasteiger partial charge in [-0.1, -0.05) is 6.08 Å². The molecule has 0 saturated carbocycles. The lowest BCUT2D eigenvalue weighted by Gasteiger charge is -2.15. The molecule has 1 unspecified atom stereocenters. The first-order valence-electron chi connectivity index (χ1n) is 6.21. The van der Waals surface area contributed by atoms with Gasteiger partial charge in [-0.05, 0) is 12.5 Å². The summed E-state index contributed by atoms with van der Waals surface area (Å²) in [4.78, 5) is 14.7. The molecular formula is C13H19N3O2S. The number of hydrogen-bond donors (Lipinski definition) is 2. The zero-order valence-corrected chi connectivity index (χ0v) is 11.8. The van der Waals surface area contributed by atoms with Crippen molar-refractivity contribution in [1.82, 2.24) is 5.32 Å². The highest BCUT2D eigenvalue weighted by Gasteiger charge is 2.25. The standard InChI is InChI=1S/C13H19N3O2S/c1-3-5-15-13(17)12-10(14)7-11(19-12)16-6-4-9(8-16)18-2/h3,7,9H,1,4-6,8,14H2,2H3,(H,15,17). The number of methoxy groups -OCH3 is 1. The predicted molar refractivity (Wildman–Crippen MR) is 78.9 cm³/mol. The van der Waals surface area contributed by atoms with E-state index in [1.165, 1.54) is 11.3 Å². The van der Waals surface area contributed by atoms with Crippen molar-refractivity contribution in [2.45, 2.75) is 12.5 Å². The van der Waals surface area contributed by atoms with Crippen molar-refractivity contribution in [2.75, 3.05) is 37.4 Å². The average molecular weight is 281 g/mol. The minimum Gasteiger partial charge on any atom is -0.397 e. The van der Waals surface area contributed by atoms with Crippen LogP contribution in [-0.2, 0) is 4.74 Å². The van der Waals surface area contributed by atoms with Crippen molar-refractivity contribution >= 4 is 27.9 Å². The van der Waals surface area contributed by atoms with Crippen molar-refractivity contribution in [3.63, 3.8) is 0 Å². The highest BCUT2D eigenvalue weighted by atomic mass is 32.1. The Bertz CT molecular complexity index is 472. The molecule has 1 aromatic rings. The van der Waals surface area contributed by atoms with Gasteiger partial charge in [0.05, 0.1) is 16.8 Å². The van der Waals surface area contributed by atoms with Crippen LogP contribution in [0.15, 0.2) is 18.7 Å². The molecule has 19 heavy (non-hydrogen) atoms. The molecule has 1 saturated heterocycles. The topological polar surface area (TPSA) is 67.6 Å². The van der Waals surface area contributed by atoms with Crippen LogP contribution in [0.5, 0.6) is 0 Å². The third kappa shape index (κ3) is 3.08. The van der Waals surface area contributed by atoms with Crippen LogP contribution in [0.2, 0.25) is 0 Å². The van der Waals surface area contributed by atoms with Gasteiger partial charge in [-0.3, -0.25) is 4.79 Å². The second-order valence-corrected chi connectivity index (χ2v) is 5.49. The fourth-order valence-corrected chi connectivity index (χ4v) is 3.12. The van der Waals surface area contributed by atoms with Gasteiger partial charge in [0.2, 0.25) is 0 Å². The molecular weight excluding hydrogens is 262 g/mol. The second kappa shape index (κ2) is 6.08. The van der Waals surface area contributed by atoms with Crippen molar-refractivity contribution in [3.05, 3.63) is 23.6 Å².